The monoisotopic (exact) mass is 228 g/mol. The van der Waals surface area contributed by atoms with E-state index in [2.05, 4.69) is 0 Å². The first-order valence-corrected chi connectivity index (χ1v) is 6.25. The highest BCUT2D eigenvalue weighted by atomic mass is 16.5. The van der Waals surface area contributed by atoms with Crippen molar-refractivity contribution in [2.45, 2.75) is 51.1 Å². The van der Waals surface area contributed by atoms with Gasteiger partial charge in [0.1, 0.15) is 0 Å². The molecule has 16 heavy (non-hydrogen) atoms. The molecule has 0 spiro atoms. The zero-order chi connectivity index (χ0) is 12.0. The van der Waals surface area contributed by atoms with Gasteiger partial charge in [0, 0.05) is 25.7 Å². The average molecular weight is 228 g/mol. The summed E-state index contributed by atoms with van der Waals surface area (Å²) in [5.41, 5.74) is 6.05. The van der Waals surface area contributed by atoms with Crippen molar-refractivity contribution in [1.82, 2.24) is 4.90 Å². The number of nitrogens with two attached hydrogens (primary N) is 1. The Hall–Kier alpha value is -0.610. The number of hydrogen-bond acceptors (Lipinski definition) is 3. The fourth-order valence-electron chi connectivity index (χ4n) is 2.29. The summed E-state index contributed by atoms with van der Waals surface area (Å²) in [5.74, 6) is 0.149. The van der Waals surface area contributed by atoms with E-state index in [-0.39, 0.29) is 18.0 Å². The molecule has 4 nitrogen and oxygen atoms in total. The Morgan fingerprint density at radius 1 is 1.44 bits per heavy atom. The minimum absolute atomic E-state index is 0.148. The Morgan fingerprint density at radius 2 is 2.12 bits per heavy atom. The third kappa shape index (κ3) is 3.76. The summed E-state index contributed by atoms with van der Waals surface area (Å²) in [6.07, 6.45) is 4.92. The number of likely N-dealkylation sites (N-methyl/N-ethyl adjacent to an activating group) is 1. The summed E-state index contributed by atoms with van der Waals surface area (Å²) < 4.78 is 5.19. The number of amides is 1. The number of rotatable bonds is 5. The number of carbonyl (C=O) groups excluding carboxylic acids is 1. The van der Waals surface area contributed by atoms with Gasteiger partial charge in [-0.1, -0.05) is 12.8 Å². The molecule has 0 aromatic carbocycles. The van der Waals surface area contributed by atoms with E-state index < -0.39 is 0 Å². The van der Waals surface area contributed by atoms with Crippen LogP contribution in [0.3, 0.4) is 0 Å². The van der Waals surface area contributed by atoms with E-state index in [1.165, 1.54) is 12.8 Å². The fraction of sp³-hybridized carbons (Fsp3) is 0.917. The van der Waals surface area contributed by atoms with Crippen LogP contribution in [0, 0.1) is 0 Å². The molecule has 0 aromatic rings. The van der Waals surface area contributed by atoms with Gasteiger partial charge in [-0.3, -0.25) is 4.79 Å². The summed E-state index contributed by atoms with van der Waals surface area (Å²) >= 11 is 0. The predicted octanol–water partition coefficient (Wildman–Crippen LogP) is 1.14. The largest absolute Gasteiger partial charge is 0.381 e. The maximum atomic E-state index is 11.9. The lowest BCUT2D eigenvalue weighted by molar-refractivity contribution is -0.134. The van der Waals surface area contributed by atoms with E-state index in [0.717, 1.165) is 12.8 Å². The van der Waals surface area contributed by atoms with Gasteiger partial charge in [-0.25, -0.2) is 0 Å². The van der Waals surface area contributed by atoms with Crippen molar-refractivity contribution in [3.8, 4) is 0 Å². The second kappa shape index (κ2) is 6.86. The van der Waals surface area contributed by atoms with E-state index in [4.69, 9.17) is 10.5 Å². The molecule has 2 unspecified atom stereocenters. The van der Waals surface area contributed by atoms with Gasteiger partial charge >= 0.3 is 0 Å². The van der Waals surface area contributed by atoms with Crippen molar-refractivity contribution in [2.75, 3.05) is 20.3 Å². The van der Waals surface area contributed by atoms with Crippen LogP contribution < -0.4 is 5.73 Å². The van der Waals surface area contributed by atoms with Crippen molar-refractivity contribution >= 4 is 5.91 Å². The molecule has 1 saturated carbocycles. The normalized spacial score (nSPS) is 25.4. The first-order chi connectivity index (χ1) is 7.66. The SMILES string of the molecule is CCOCCC(=O)N(C)C1CCCCC1N. The topological polar surface area (TPSA) is 55.6 Å². The van der Waals surface area contributed by atoms with Gasteiger partial charge in [-0.2, -0.15) is 0 Å². The van der Waals surface area contributed by atoms with Crippen LogP contribution in [-0.4, -0.2) is 43.2 Å². The van der Waals surface area contributed by atoms with Crippen molar-refractivity contribution in [1.29, 1.82) is 0 Å². The Morgan fingerprint density at radius 3 is 2.75 bits per heavy atom. The van der Waals surface area contributed by atoms with Crippen molar-refractivity contribution in [2.24, 2.45) is 5.73 Å². The maximum Gasteiger partial charge on any atom is 0.224 e. The molecule has 0 bridgehead atoms. The van der Waals surface area contributed by atoms with Gasteiger partial charge < -0.3 is 15.4 Å². The van der Waals surface area contributed by atoms with E-state index in [1.54, 1.807) is 0 Å². The highest BCUT2D eigenvalue weighted by molar-refractivity contribution is 5.76. The second-order valence-electron chi connectivity index (χ2n) is 4.47. The molecule has 0 aliphatic heterocycles. The summed E-state index contributed by atoms with van der Waals surface area (Å²) in [6.45, 7) is 3.12. The van der Waals surface area contributed by atoms with Crippen molar-refractivity contribution < 1.29 is 9.53 Å². The number of hydrogen-bond donors (Lipinski definition) is 1. The van der Waals surface area contributed by atoms with Crippen molar-refractivity contribution in [3.05, 3.63) is 0 Å². The molecule has 0 heterocycles. The van der Waals surface area contributed by atoms with E-state index in [9.17, 15) is 4.79 Å². The molecule has 94 valence electrons. The third-order valence-corrected chi connectivity index (χ3v) is 3.34. The maximum absolute atomic E-state index is 11.9. The zero-order valence-corrected chi connectivity index (χ0v) is 10.4. The molecular weight excluding hydrogens is 204 g/mol. The van der Waals surface area contributed by atoms with Crippen molar-refractivity contribution in [3.63, 3.8) is 0 Å². The summed E-state index contributed by atoms with van der Waals surface area (Å²) in [5, 5.41) is 0. The zero-order valence-electron chi connectivity index (χ0n) is 10.4. The van der Waals surface area contributed by atoms with Crippen LogP contribution in [0.4, 0.5) is 0 Å². The van der Waals surface area contributed by atoms with Crippen LogP contribution in [0.1, 0.15) is 39.0 Å². The lowest BCUT2D eigenvalue weighted by atomic mass is 9.90. The van der Waals surface area contributed by atoms with Gasteiger partial charge in [0.05, 0.1) is 13.0 Å². The third-order valence-electron chi connectivity index (χ3n) is 3.34. The molecule has 2 N–H and O–H groups in total. The molecule has 1 aliphatic rings. The standard InChI is InChI=1S/C12H24N2O2/c1-3-16-9-8-12(15)14(2)11-7-5-4-6-10(11)13/h10-11H,3-9,13H2,1-2H3. The van der Waals surface area contributed by atoms with Gasteiger partial charge in [0.25, 0.3) is 0 Å². The van der Waals surface area contributed by atoms with E-state index in [0.29, 0.717) is 19.6 Å². The lowest BCUT2D eigenvalue weighted by Gasteiger charge is -2.36. The van der Waals surface area contributed by atoms with Gasteiger partial charge in [0.2, 0.25) is 5.91 Å². The fourth-order valence-corrected chi connectivity index (χ4v) is 2.29. The highest BCUT2D eigenvalue weighted by Gasteiger charge is 2.27. The first-order valence-electron chi connectivity index (χ1n) is 6.25. The Labute approximate surface area is 98.1 Å². The lowest BCUT2D eigenvalue weighted by Crippen LogP contribution is -2.50. The quantitative estimate of drug-likeness (QED) is 0.718. The highest BCUT2D eigenvalue weighted by Crippen LogP contribution is 2.21. The Kier molecular flexibility index (Phi) is 5.77. The average Bonchev–Trinajstić information content (AvgIpc) is 2.29. The predicted molar refractivity (Wildman–Crippen MR) is 64.1 cm³/mol. The number of nitrogens with zero attached hydrogens (tertiary/aromatic N) is 1. The second-order valence-corrected chi connectivity index (χ2v) is 4.47. The molecule has 0 radical (unpaired) electrons. The molecule has 0 aromatic heterocycles. The smallest absolute Gasteiger partial charge is 0.224 e. The Balaban J connectivity index is 2.36. The molecule has 1 amide bonds. The molecule has 1 fully saturated rings. The van der Waals surface area contributed by atoms with E-state index in [1.807, 2.05) is 18.9 Å². The van der Waals surface area contributed by atoms with Crippen LogP contribution in [-0.2, 0) is 9.53 Å². The van der Waals surface area contributed by atoms with Gasteiger partial charge in [-0.15, -0.1) is 0 Å². The minimum Gasteiger partial charge on any atom is -0.381 e. The van der Waals surface area contributed by atoms with Crippen LogP contribution in [0.25, 0.3) is 0 Å². The molecule has 4 heteroatoms. The number of carbonyl (C=O) groups is 1. The Bertz CT molecular complexity index is 221. The molecular formula is C12H24N2O2. The molecule has 0 saturated heterocycles. The molecule has 1 rings (SSSR count). The first kappa shape index (κ1) is 13.5. The van der Waals surface area contributed by atoms with E-state index >= 15 is 0 Å². The van der Waals surface area contributed by atoms with Crippen LogP contribution >= 0.6 is 0 Å². The summed E-state index contributed by atoms with van der Waals surface area (Å²) in [4.78, 5) is 13.7. The van der Waals surface area contributed by atoms with Crippen LogP contribution in [0.2, 0.25) is 0 Å². The number of ether oxygens (including phenoxy) is 1. The molecule has 1 aliphatic carbocycles. The van der Waals surface area contributed by atoms with Crippen LogP contribution in [0.15, 0.2) is 0 Å². The van der Waals surface area contributed by atoms with Crippen LogP contribution in [0.5, 0.6) is 0 Å². The summed E-state index contributed by atoms with van der Waals surface area (Å²) in [7, 11) is 1.87. The van der Waals surface area contributed by atoms with Gasteiger partial charge in [0.15, 0.2) is 0 Å². The molecule has 2 atom stereocenters. The van der Waals surface area contributed by atoms with Gasteiger partial charge in [-0.05, 0) is 19.8 Å². The summed E-state index contributed by atoms with van der Waals surface area (Å²) in [6, 6.07) is 0.373. The minimum atomic E-state index is 0.148.